The maximum atomic E-state index is 12.4. The Bertz CT molecular complexity index is 436. The highest BCUT2D eigenvalue weighted by Crippen LogP contribution is 2.27. The summed E-state index contributed by atoms with van der Waals surface area (Å²) in [4.78, 5) is 4.26. The van der Waals surface area contributed by atoms with E-state index in [0.717, 1.165) is 38.7 Å². The second kappa shape index (κ2) is 6.57. The fourth-order valence-corrected chi connectivity index (χ4v) is 2.54. The van der Waals surface area contributed by atoms with E-state index in [1.165, 1.54) is 6.07 Å². The zero-order chi connectivity index (χ0) is 15.5. The highest BCUT2D eigenvalue weighted by molar-refractivity contribution is 5.38. The van der Waals surface area contributed by atoms with Gasteiger partial charge in [-0.2, -0.15) is 13.2 Å². The largest absolute Gasteiger partial charge is 0.435 e. The summed E-state index contributed by atoms with van der Waals surface area (Å²) in [5, 5.41) is 6.95. The summed E-state index contributed by atoms with van der Waals surface area (Å²) in [7, 11) is 0. The Kier molecular flexibility index (Phi) is 5.00. The van der Waals surface area contributed by atoms with Crippen LogP contribution in [0.15, 0.2) is 12.1 Å². The first-order chi connectivity index (χ1) is 9.95. The average molecular weight is 303 g/mol. The zero-order valence-electron chi connectivity index (χ0n) is 12.0. The fourth-order valence-electron chi connectivity index (χ4n) is 2.54. The number of nitrogens with zero attached hydrogens (tertiary/aromatic N) is 4. The maximum absolute atomic E-state index is 12.4. The third-order valence-electron chi connectivity index (χ3n) is 3.84. The quantitative estimate of drug-likeness (QED) is 0.910. The molecule has 118 valence electrons. The van der Waals surface area contributed by atoms with Crippen molar-refractivity contribution >= 4 is 5.82 Å². The van der Waals surface area contributed by atoms with Crippen LogP contribution in [-0.2, 0) is 6.18 Å². The molecule has 1 aromatic rings. The lowest BCUT2D eigenvalue weighted by Gasteiger charge is -2.39. The number of alkyl halides is 3. The van der Waals surface area contributed by atoms with Crippen LogP contribution in [-0.4, -0.2) is 53.9 Å². The van der Waals surface area contributed by atoms with Gasteiger partial charge in [0, 0.05) is 38.8 Å². The van der Waals surface area contributed by atoms with Crippen LogP contribution in [0.5, 0.6) is 0 Å². The SMILES string of the molecule is CCC(CN)N1CCN(c2ccc(C(F)(F)F)nn2)CC1. The molecule has 1 aliphatic heterocycles. The zero-order valence-corrected chi connectivity index (χ0v) is 12.0. The lowest BCUT2D eigenvalue weighted by atomic mass is 10.1. The standard InChI is InChI=1S/C13H20F3N5/c1-2-10(9-17)20-5-7-21(8-6-20)12-4-3-11(18-19-12)13(14,15)16/h3-4,10H,2,5-9,17H2,1H3. The van der Waals surface area contributed by atoms with Gasteiger partial charge in [-0.05, 0) is 18.6 Å². The minimum atomic E-state index is -4.44. The van der Waals surface area contributed by atoms with Crippen molar-refractivity contribution in [2.24, 2.45) is 5.73 Å². The van der Waals surface area contributed by atoms with E-state index in [-0.39, 0.29) is 0 Å². The molecule has 1 saturated heterocycles. The van der Waals surface area contributed by atoms with Gasteiger partial charge in [0.2, 0.25) is 0 Å². The van der Waals surface area contributed by atoms with Crippen molar-refractivity contribution in [2.45, 2.75) is 25.6 Å². The first kappa shape index (κ1) is 16.0. The summed E-state index contributed by atoms with van der Waals surface area (Å²) in [6, 6.07) is 2.72. The highest BCUT2D eigenvalue weighted by atomic mass is 19.4. The predicted octanol–water partition coefficient (Wildman–Crippen LogP) is 1.35. The van der Waals surface area contributed by atoms with E-state index < -0.39 is 11.9 Å². The first-order valence-corrected chi connectivity index (χ1v) is 7.05. The number of nitrogens with two attached hydrogens (primary N) is 1. The van der Waals surface area contributed by atoms with E-state index in [1.807, 2.05) is 4.90 Å². The van der Waals surface area contributed by atoms with Gasteiger partial charge in [0.15, 0.2) is 11.5 Å². The molecule has 1 aromatic heterocycles. The second-order valence-electron chi connectivity index (χ2n) is 5.10. The van der Waals surface area contributed by atoms with Crippen LogP contribution in [0.1, 0.15) is 19.0 Å². The van der Waals surface area contributed by atoms with Crippen LogP contribution in [0.25, 0.3) is 0 Å². The second-order valence-corrected chi connectivity index (χ2v) is 5.10. The Morgan fingerprint density at radius 2 is 1.86 bits per heavy atom. The summed E-state index contributed by atoms with van der Waals surface area (Å²) in [5.41, 5.74) is 4.77. The van der Waals surface area contributed by atoms with Crippen molar-refractivity contribution in [2.75, 3.05) is 37.6 Å². The van der Waals surface area contributed by atoms with Crippen molar-refractivity contribution < 1.29 is 13.2 Å². The monoisotopic (exact) mass is 303 g/mol. The molecule has 1 fully saturated rings. The highest BCUT2D eigenvalue weighted by Gasteiger charge is 2.33. The van der Waals surface area contributed by atoms with E-state index in [9.17, 15) is 13.2 Å². The fraction of sp³-hybridized carbons (Fsp3) is 0.692. The van der Waals surface area contributed by atoms with E-state index in [2.05, 4.69) is 22.0 Å². The molecular formula is C13H20F3N5. The van der Waals surface area contributed by atoms with Crippen LogP contribution < -0.4 is 10.6 Å². The van der Waals surface area contributed by atoms with Crippen molar-refractivity contribution in [3.8, 4) is 0 Å². The van der Waals surface area contributed by atoms with E-state index in [1.54, 1.807) is 0 Å². The third kappa shape index (κ3) is 3.82. The van der Waals surface area contributed by atoms with Crippen molar-refractivity contribution in [3.63, 3.8) is 0 Å². The summed E-state index contributed by atoms with van der Waals surface area (Å²) >= 11 is 0. The van der Waals surface area contributed by atoms with Gasteiger partial charge in [0.05, 0.1) is 0 Å². The van der Waals surface area contributed by atoms with Gasteiger partial charge >= 0.3 is 6.18 Å². The number of hydrogen-bond acceptors (Lipinski definition) is 5. The molecule has 0 bridgehead atoms. The third-order valence-corrected chi connectivity index (χ3v) is 3.84. The van der Waals surface area contributed by atoms with Crippen LogP contribution in [0.4, 0.5) is 19.0 Å². The molecular weight excluding hydrogens is 283 g/mol. The molecule has 1 atom stereocenters. The van der Waals surface area contributed by atoms with Gasteiger partial charge < -0.3 is 10.6 Å². The number of rotatable bonds is 4. The van der Waals surface area contributed by atoms with Gasteiger partial charge in [0.1, 0.15) is 0 Å². The number of anilines is 1. The summed E-state index contributed by atoms with van der Waals surface area (Å²) < 4.78 is 37.3. The molecule has 2 heterocycles. The van der Waals surface area contributed by atoms with Crippen LogP contribution in [0.2, 0.25) is 0 Å². The van der Waals surface area contributed by atoms with E-state index >= 15 is 0 Å². The Balaban J connectivity index is 1.96. The molecule has 1 unspecified atom stereocenters. The summed E-state index contributed by atoms with van der Waals surface area (Å²) in [6.45, 7) is 5.83. The van der Waals surface area contributed by atoms with E-state index in [4.69, 9.17) is 5.73 Å². The van der Waals surface area contributed by atoms with Crippen LogP contribution in [0, 0.1) is 0 Å². The lowest BCUT2D eigenvalue weighted by molar-refractivity contribution is -0.141. The van der Waals surface area contributed by atoms with Gasteiger partial charge in [-0.3, -0.25) is 4.90 Å². The molecule has 0 aliphatic carbocycles. The summed E-state index contributed by atoms with van der Waals surface area (Å²) in [6.07, 6.45) is -3.45. The molecule has 0 radical (unpaired) electrons. The smallest absolute Gasteiger partial charge is 0.353 e. The molecule has 21 heavy (non-hydrogen) atoms. The summed E-state index contributed by atoms with van der Waals surface area (Å²) in [5.74, 6) is 0.489. The molecule has 2 N–H and O–H groups in total. The molecule has 8 heteroatoms. The Morgan fingerprint density at radius 3 is 2.29 bits per heavy atom. The topological polar surface area (TPSA) is 58.3 Å². The predicted molar refractivity (Wildman–Crippen MR) is 74.0 cm³/mol. The Labute approximate surface area is 121 Å². The van der Waals surface area contributed by atoms with Crippen molar-refractivity contribution in [1.29, 1.82) is 0 Å². The van der Waals surface area contributed by atoms with Crippen LogP contribution >= 0.6 is 0 Å². The number of aromatic nitrogens is 2. The Hall–Kier alpha value is -1.41. The van der Waals surface area contributed by atoms with Crippen LogP contribution in [0.3, 0.4) is 0 Å². The molecule has 2 rings (SSSR count). The van der Waals surface area contributed by atoms with Gasteiger partial charge in [-0.15, -0.1) is 10.2 Å². The number of halogens is 3. The van der Waals surface area contributed by atoms with E-state index in [0.29, 0.717) is 18.4 Å². The van der Waals surface area contributed by atoms with Crippen molar-refractivity contribution in [1.82, 2.24) is 15.1 Å². The average Bonchev–Trinajstić information content (AvgIpc) is 2.48. The Morgan fingerprint density at radius 1 is 1.19 bits per heavy atom. The molecule has 0 aromatic carbocycles. The number of hydrogen-bond donors (Lipinski definition) is 1. The van der Waals surface area contributed by atoms with Crippen molar-refractivity contribution in [3.05, 3.63) is 17.8 Å². The van der Waals surface area contributed by atoms with Gasteiger partial charge in [0.25, 0.3) is 0 Å². The van der Waals surface area contributed by atoms with Gasteiger partial charge in [-0.1, -0.05) is 6.92 Å². The molecule has 1 aliphatic rings. The normalized spacial score (nSPS) is 18.8. The first-order valence-electron chi connectivity index (χ1n) is 7.05. The van der Waals surface area contributed by atoms with Gasteiger partial charge in [-0.25, -0.2) is 0 Å². The molecule has 0 amide bonds. The lowest BCUT2D eigenvalue weighted by Crippen LogP contribution is -2.52. The molecule has 5 nitrogen and oxygen atoms in total. The molecule has 0 saturated carbocycles. The molecule has 0 spiro atoms. The minimum absolute atomic E-state index is 0.367. The maximum Gasteiger partial charge on any atom is 0.435 e. The minimum Gasteiger partial charge on any atom is -0.353 e. The number of piperazine rings is 1.